The highest BCUT2D eigenvalue weighted by molar-refractivity contribution is 6.30. The topological polar surface area (TPSA) is 24.8 Å². The first kappa shape index (κ1) is 11.1. The molecule has 0 fully saturated rings. The Labute approximate surface area is 94.1 Å². The van der Waals surface area contributed by atoms with Crippen LogP contribution in [0.3, 0.4) is 0 Å². The van der Waals surface area contributed by atoms with Crippen LogP contribution < -0.4 is 5.01 Å². The fourth-order valence-electron chi connectivity index (χ4n) is 1.19. The maximum Gasteiger partial charge on any atom is 0.314 e. The van der Waals surface area contributed by atoms with Gasteiger partial charge in [-0.15, -0.1) is 5.10 Å². The summed E-state index contributed by atoms with van der Waals surface area (Å²) < 4.78 is 42.1. The molecule has 2 rings (SSSR count). The van der Waals surface area contributed by atoms with Crippen LogP contribution in [-0.4, -0.2) is 19.1 Å². The predicted molar refractivity (Wildman–Crippen MR) is 53.3 cm³/mol. The smallest absolute Gasteiger partial charge is 0.314 e. The molecule has 1 aromatic rings. The van der Waals surface area contributed by atoms with Crippen molar-refractivity contribution in [2.75, 3.05) is 11.7 Å². The average molecular weight is 251 g/mol. The molecule has 0 N–H and O–H groups in total. The van der Waals surface area contributed by atoms with Crippen LogP contribution in [0.2, 0.25) is 5.02 Å². The molecular weight excluding hydrogens is 245 g/mol. The second kappa shape index (κ2) is 4.21. The van der Waals surface area contributed by atoms with E-state index in [9.17, 15) is 13.2 Å². The van der Waals surface area contributed by atoms with Gasteiger partial charge in [0, 0.05) is 6.07 Å². The highest BCUT2D eigenvalue weighted by Crippen LogP contribution is 2.24. The molecule has 7 heteroatoms. The average Bonchev–Trinajstić information content (AvgIpc) is 2.71. The van der Waals surface area contributed by atoms with E-state index in [1.165, 1.54) is 12.1 Å². The highest BCUT2D eigenvalue weighted by atomic mass is 35.5. The molecule has 1 aliphatic rings. The molecule has 0 amide bonds. The van der Waals surface area contributed by atoms with Crippen molar-refractivity contribution >= 4 is 23.2 Å². The first-order valence-corrected chi connectivity index (χ1v) is 4.68. The van der Waals surface area contributed by atoms with Gasteiger partial charge in [-0.25, -0.2) is 9.40 Å². The highest BCUT2D eigenvalue weighted by Gasteiger charge is 2.24. The SMILES string of the molecule is Fc1cc(N2COC(C(F)F)=N2)ccc1Cl. The van der Waals surface area contributed by atoms with Gasteiger partial charge >= 0.3 is 6.43 Å². The van der Waals surface area contributed by atoms with Crippen molar-refractivity contribution in [1.29, 1.82) is 0 Å². The third-order valence-corrected chi connectivity index (χ3v) is 2.25. The van der Waals surface area contributed by atoms with Crippen LogP contribution in [0.5, 0.6) is 0 Å². The maximum absolute atomic E-state index is 13.1. The zero-order valence-electron chi connectivity index (χ0n) is 7.83. The molecule has 0 atom stereocenters. The molecule has 0 unspecified atom stereocenters. The van der Waals surface area contributed by atoms with Crippen LogP contribution in [-0.2, 0) is 4.74 Å². The summed E-state index contributed by atoms with van der Waals surface area (Å²) in [4.78, 5) is 0. The van der Waals surface area contributed by atoms with Crippen LogP contribution in [0, 0.1) is 5.82 Å². The Morgan fingerprint density at radius 1 is 1.44 bits per heavy atom. The summed E-state index contributed by atoms with van der Waals surface area (Å²) in [5.74, 6) is -1.31. The van der Waals surface area contributed by atoms with Crippen LogP contribution in [0.1, 0.15) is 0 Å². The van der Waals surface area contributed by atoms with Gasteiger partial charge < -0.3 is 4.74 Å². The van der Waals surface area contributed by atoms with Gasteiger partial charge in [-0.1, -0.05) is 11.6 Å². The number of halogens is 4. The summed E-state index contributed by atoms with van der Waals surface area (Å²) in [5, 5.41) is 4.58. The molecule has 1 aliphatic heterocycles. The minimum atomic E-state index is -2.78. The lowest BCUT2D eigenvalue weighted by molar-refractivity contribution is 0.180. The van der Waals surface area contributed by atoms with Crippen LogP contribution in [0.4, 0.5) is 18.9 Å². The Hall–Kier alpha value is -1.43. The number of hydrogen-bond acceptors (Lipinski definition) is 3. The Morgan fingerprint density at radius 3 is 2.75 bits per heavy atom. The van der Waals surface area contributed by atoms with Gasteiger partial charge in [0.25, 0.3) is 5.90 Å². The van der Waals surface area contributed by atoms with Gasteiger partial charge in [0.2, 0.25) is 0 Å². The number of hydrogen-bond donors (Lipinski definition) is 0. The molecule has 0 bridgehead atoms. The second-order valence-electron chi connectivity index (χ2n) is 3.01. The summed E-state index contributed by atoms with van der Waals surface area (Å²) >= 11 is 5.49. The van der Waals surface area contributed by atoms with Gasteiger partial charge in [-0.05, 0) is 12.1 Å². The number of anilines is 1. The number of rotatable bonds is 2. The normalized spacial score (nSPS) is 15.3. The van der Waals surface area contributed by atoms with Gasteiger partial charge in [-0.2, -0.15) is 8.78 Å². The third-order valence-electron chi connectivity index (χ3n) is 1.94. The van der Waals surface area contributed by atoms with Crippen molar-refractivity contribution in [2.24, 2.45) is 5.10 Å². The van der Waals surface area contributed by atoms with E-state index in [0.29, 0.717) is 5.69 Å². The second-order valence-corrected chi connectivity index (χ2v) is 3.42. The van der Waals surface area contributed by atoms with E-state index in [4.69, 9.17) is 11.6 Å². The molecule has 0 aliphatic carbocycles. The molecular formula is C9H6ClF3N2O. The number of alkyl halides is 2. The van der Waals surface area contributed by atoms with Gasteiger partial charge in [-0.3, -0.25) is 0 Å². The third kappa shape index (κ3) is 2.06. The van der Waals surface area contributed by atoms with Crippen molar-refractivity contribution < 1.29 is 17.9 Å². The van der Waals surface area contributed by atoms with Crippen molar-refractivity contribution in [1.82, 2.24) is 0 Å². The maximum atomic E-state index is 13.1. The Balaban J connectivity index is 2.23. The summed E-state index contributed by atoms with van der Waals surface area (Å²) in [5.41, 5.74) is 0.303. The van der Waals surface area contributed by atoms with Crippen molar-refractivity contribution in [3.8, 4) is 0 Å². The van der Waals surface area contributed by atoms with E-state index in [2.05, 4.69) is 9.84 Å². The zero-order valence-corrected chi connectivity index (χ0v) is 8.59. The first-order chi connectivity index (χ1) is 7.58. The monoisotopic (exact) mass is 250 g/mol. The number of hydrazone groups is 1. The summed E-state index contributed by atoms with van der Waals surface area (Å²) in [6, 6.07) is 3.89. The molecule has 3 nitrogen and oxygen atoms in total. The van der Waals surface area contributed by atoms with E-state index < -0.39 is 18.1 Å². The largest absolute Gasteiger partial charge is 0.452 e. The Kier molecular flexibility index (Phi) is 2.91. The summed E-state index contributed by atoms with van der Waals surface area (Å²) in [6.07, 6.45) is -2.78. The van der Waals surface area contributed by atoms with E-state index in [-0.39, 0.29) is 11.8 Å². The standard InChI is InChI=1S/C9H6ClF3N2O/c10-6-2-1-5(3-7(6)11)15-4-16-9(14-15)8(12)13/h1-3,8H,4H2. The lowest BCUT2D eigenvalue weighted by atomic mass is 10.3. The number of ether oxygens (including phenoxy) is 1. The van der Waals surface area contributed by atoms with Gasteiger partial charge in [0.05, 0.1) is 10.7 Å². The molecule has 0 saturated carbocycles. The van der Waals surface area contributed by atoms with Crippen molar-refractivity contribution in [2.45, 2.75) is 6.43 Å². The lowest BCUT2D eigenvalue weighted by Gasteiger charge is -2.11. The fourth-order valence-corrected chi connectivity index (χ4v) is 1.31. The molecule has 16 heavy (non-hydrogen) atoms. The zero-order chi connectivity index (χ0) is 11.7. The van der Waals surface area contributed by atoms with E-state index in [1.54, 1.807) is 0 Å². The van der Waals surface area contributed by atoms with Crippen LogP contribution in [0.25, 0.3) is 0 Å². The summed E-state index contributed by atoms with van der Waals surface area (Å²) in [6.45, 7) is -0.166. The van der Waals surface area contributed by atoms with E-state index in [0.717, 1.165) is 11.1 Å². The first-order valence-electron chi connectivity index (χ1n) is 4.30. The fraction of sp³-hybridized carbons (Fsp3) is 0.222. The van der Waals surface area contributed by atoms with Gasteiger partial charge in [0.15, 0.2) is 6.73 Å². The van der Waals surface area contributed by atoms with E-state index >= 15 is 0 Å². The van der Waals surface area contributed by atoms with Crippen LogP contribution >= 0.6 is 11.6 Å². The minimum absolute atomic E-state index is 0.0399. The van der Waals surface area contributed by atoms with Crippen LogP contribution in [0.15, 0.2) is 23.3 Å². The Bertz CT molecular complexity index is 439. The number of benzene rings is 1. The van der Waals surface area contributed by atoms with Crippen molar-refractivity contribution in [3.05, 3.63) is 29.0 Å². The molecule has 0 aromatic heterocycles. The van der Waals surface area contributed by atoms with Gasteiger partial charge in [0.1, 0.15) is 5.82 Å². The molecule has 0 radical (unpaired) electrons. The minimum Gasteiger partial charge on any atom is -0.452 e. The molecule has 0 saturated heterocycles. The van der Waals surface area contributed by atoms with Crippen molar-refractivity contribution in [3.63, 3.8) is 0 Å². The molecule has 86 valence electrons. The quantitative estimate of drug-likeness (QED) is 0.806. The van der Waals surface area contributed by atoms with E-state index in [1.807, 2.05) is 0 Å². The summed E-state index contributed by atoms with van der Waals surface area (Å²) in [7, 11) is 0. The molecule has 0 spiro atoms. The molecule has 1 heterocycles. The Morgan fingerprint density at radius 2 is 2.19 bits per heavy atom. The lowest BCUT2D eigenvalue weighted by Crippen LogP contribution is -2.13. The molecule has 1 aromatic carbocycles. The number of nitrogens with zero attached hydrogens (tertiary/aromatic N) is 2. The predicted octanol–water partition coefficient (Wildman–Crippen LogP) is 2.85.